The van der Waals surface area contributed by atoms with Crippen LogP contribution >= 0.6 is 0 Å². The summed E-state index contributed by atoms with van der Waals surface area (Å²) in [6.45, 7) is 4.41. The van der Waals surface area contributed by atoms with Gasteiger partial charge in [0.15, 0.2) is 5.84 Å². The summed E-state index contributed by atoms with van der Waals surface area (Å²) in [6, 6.07) is 9.64. The fraction of sp³-hybridized carbons (Fsp3) is 0.200. The van der Waals surface area contributed by atoms with Gasteiger partial charge in [0.2, 0.25) is 0 Å². The molecule has 110 valence electrons. The lowest BCUT2D eigenvalue weighted by atomic mass is 10.2. The Hall–Kier alpha value is -2.63. The van der Waals surface area contributed by atoms with Gasteiger partial charge in [0.25, 0.3) is 0 Å². The highest BCUT2D eigenvalue weighted by atomic mass is 19.1. The quantitative estimate of drug-likeness (QED) is 0.392. The van der Waals surface area contributed by atoms with Crippen LogP contribution in [-0.2, 0) is 0 Å². The third kappa shape index (κ3) is 3.10. The number of aromatic nitrogens is 1. The molecule has 0 aliphatic rings. The van der Waals surface area contributed by atoms with Crippen LogP contribution in [0.15, 0.2) is 41.6 Å². The van der Waals surface area contributed by atoms with Gasteiger partial charge in [-0.1, -0.05) is 5.16 Å². The van der Waals surface area contributed by atoms with E-state index in [2.05, 4.69) is 10.1 Å². The third-order valence-corrected chi connectivity index (χ3v) is 3.11. The van der Waals surface area contributed by atoms with E-state index in [1.165, 1.54) is 12.1 Å². The van der Waals surface area contributed by atoms with Crippen LogP contribution in [0.1, 0.15) is 18.2 Å². The number of nitrogens with two attached hydrogens (primary N) is 1. The van der Waals surface area contributed by atoms with E-state index < -0.39 is 0 Å². The largest absolute Gasteiger partial charge is 0.409 e. The van der Waals surface area contributed by atoms with Crippen LogP contribution in [0.25, 0.3) is 0 Å². The Bertz CT molecular complexity index is 655. The molecule has 0 saturated heterocycles. The molecule has 2 rings (SSSR count). The SMILES string of the molecule is CCN(c1ccc(F)cc1)c1nc(C)ccc1C(N)=NO. The van der Waals surface area contributed by atoms with Crippen molar-refractivity contribution in [1.82, 2.24) is 4.98 Å². The topological polar surface area (TPSA) is 74.7 Å². The van der Waals surface area contributed by atoms with Crippen molar-refractivity contribution >= 4 is 17.3 Å². The Balaban J connectivity index is 2.56. The molecule has 0 radical (unpaired) electrons. The summed E-state index contributed by atoms with van der Waals surface area (Å²) in [7, 11) is 0. The normalized spacial score (nSPS) is 11.5. The Morgan fingerprint density at radius 1 is 1.29 bits per heavy atom. The Labute approximate surface area is 122 Å². The molecule has 0 aliphatic carbocycles. The number of amidine groups is 1. The zero-order valence-electron chi connectivity index (χ0n) is 11.9. The number of aryl methyl sites for hydroxylation is 1. The zero-order valence-corrected chi connectivity index (χ0v) is 11.9. The molecular formula is C15H17FN4O. The van der Waals surface area contributed by atoms with Crippen molar-refractivity contribution in [3.63, 3.8) is 0 Å². The second-order valence-electron chi connectivity index (χ2n) is 4.53. The molecule has 3 N–H and O–H groups in total. The van der Waals surface area contributed by atoms with E-state index in [-0.39, 0.29) is 11.7 Å². The van der Waals surface area contributed by atoms with Gasteiger partial charge < -0.3 is 15.8 Å². The molecule has 2 aromatic rings. The molecule has 1 heterocycles. The molecule has 0 fully saturated rings. The number of anilines is 2. The fourth-order valence-electron chi connectivity index (χ4n) is 2.08. The molecule has 0 spiro atoms. The lowest BCUT2D eigenvalue weighted by Gasteiger charge is -2.24. The fourth-order valence-corrected chi connectivity index (χ4v) is 2.08. The van der Waals surface area contributed by atoms with Crippen molar-refractivity contribution in [2.75, 3.05) is 11.4 Å². The summed E-state index contributed by atoms with van der Waals surface area (Å²) in [6.07, 6.45) is 0. The van der Waals surface area contributed by atoms with Crippen molar-refractivity contribution in [2.24, 2.45) is 10.9 Å². The zero-order chi connectivity index (χ0) is 15.4. The van der Waals surface area contributed by atoms with Crippen LogP contribution in [-0.4, -0.2) is 22.6 Å². The van der Waals surface area contributed by atoms with E-state index >= 15 is 0 Å². The van der Waals surface area contributed by atoms with Crippen LogP contribution in [0.3, 0.4) is 0 Å². The van der Waals surface area contributed by atoms with E-state index in [0.717, 1.165) is 11.4 Å². The number of oxime groups is 1. The minimum Gasteiger partial charge on any atom is -0.409 e. The van der Waals surface area contributed by atoms with Crippen molar-refractivity contribution in [2.45, 2.75) is 13.8 Å². The molecule has 0 amide bonds. The first-order valence-electron chi connectivity index (χ1n) is 6.55. The number of rotatable bonds is 4. The first-order valence-corrected chi connectivity index (χ1v) is 6.55. The Morgan fingerprint density at radius 2 is 1.95 bits per heavy atom. The number of benzene rings is 1. The van der Waals surface area contributed by atoms with E-state index in [4.69, 9.17) is 10.9 Å². The summed E-state index contributed by atoms with van der Waals surface area (Å²) >= 11 is 0. The third-order valence-electron chi connectivity index (χ3n) is 3.11. The Kier molecular flexibility index (Phi) is 4.37. The van der Waals surface area contributed by atoms with Gasteiger partial charge in [-0.3, -0.25) is 0 Å². The maximum absolute atomic E-state index is 13.1. The maximum Gasteiger partial charge on any atom is 0.173 e. The van der Waals surface area contributed by atoms with Crippen LogP contribution in [0, 0.1) is 12.7 Å². The molecule has 0 unspecified atom stereocenters. The van der Waals surface area contributed by atoms with Crippen molar-refractivity contribution in [3.05, 3.63) is 53.5 Å². The molecule has 1 aromatic heterocycles. The predicted molar refractivity (Wildman–Crippen MR) is 80.6 cm³/mol. The van der Waals surface area contributed by atoms with Gasteiger partial charge in [0.05, 0.1) is 5.56 Å². The molecule has 0 aliphatic heterocycles. The second-order valence-corrected chi connectivity index (χ2v) is 4.53. The summed E-state index contributed by atoms with van der Waals surface area (Å²) in [5, 5.41) is 12.0. The summed E-state index contributed by atoms with van der Waals surface area (Å²) in [5.74, 6) is 0.251. The molecular weight excluding hydrogens is 271 g/mol. The van der Waals surface area contributed by atoms with Gasteiger partial charge in [-0.05, 0) is 50.2 Å². The van der Waals surface area contributed by atoms with Crippen LogP contribution in [0.5, 0.6) is 0 Å². The standard InChI is InChI=1S/C15H17FN4O/c1-3-20(12-7-5-11(16)6-8-12)15-13(14(17)19-21)9-4-10(2)18-15/h4-9,21H,3H2,1-2H3,(H2,17,19). The van der Waals surface area contributed by atoms with Crippen LogP contribution < -0.4 is 10.6 Å². The predicted octanol–water partition coefficient (Wildman–Crippen LogP) is 2.78. The number of halogens is 1. The van der Waals surface area contributed by atoms with E-state index in [0.29, 0.717) is 17.9 Å². The Morgan fingerprint density at radius 3 is 2.52 bits per heavy atom. The highest BCUT2D eigenvalue weighted by Crippen LogP contribution is 2.27. The maximum atomic E-state index is 13.1. The molecule has 0 bridgehead atoms. The van der Waals surface area contributed by atoms with Crippen LogP contribution in [0.2, 0.25) is 0 Å². The van der Waals surface area contributed by atoms with Crippen molar-refractivity contribution in [3.8, 4) is 0 Å². The highest BCUT2D eigenvalue weighted by Gasteiger charge is 2.16. The molecule has 0 atom stereocenters. The van der Waals surface area contributed by atoms with Gasteiger partial charge in [-0.15, -0.1) is 0 Å². The van der Waals surface area contributed by atoms with Gasteiger partial charge in [-0.2, -0.15) is 0 Å². The summed E-state index contributed by atoms with van der Waals surface area (Å²) < 4.78 is 13.1. The molecule has 21 heavy (non-hydrogen) atoms. The lowest BCUT2D eigenvalue weighted by molar-refractivity contribution is 0.318. The van der Waals surface area contributed by atoms with Gasteiger partial charge in [-0.25, -0.2) is 9.37 Å². The number of hydrogen-bond acceptors (Lipinski definition) is 4. The highest BCUT2D eigenvalue weighted by molar-refractivity contribution is 6.02. The van der Waals surface area contributed by atoms with E-state index in [9.17, 15) is 4.39 Å². The summed E-state index contributed by atoms with van der Waals surface area (Å²) in [4.78, 5) is 6.35. The van der Waals surface area contributed by atoms with E-state index in [1.807, 2.05) is 18.7 Å². The molecule has 0 saturated carbocycles. The molecule has 5 nitrogen and oxygen atoms in total. The number of nitrogens with zero attached hydrogens (tertiary/aromatic N) is 3. The van der Waals surface area contributed by atoms with Gasteiger partial charge >= 0.3 is 0 Å². The second kappa shape index (κ2) is 6.21. The number of pyridine rings is 1. The summed E-state index contributed by atoms with van der Waals surface area (Å²) in [5.41, 5.74) is 7.82. The number of hydrogen-bond donors (Lipinski definition) is 2. The van der Waals surface area contributed by atoms with Crippen molar-refractivity contribution < 1.29 is 9.60 Å². The molecule has 1 aromatic carbocycles. The first kappa shape index (κ1) is 14.8. The average molecular weight is 288 g/mol. The average Bonchev–Trinajstić information content (AvgIpc) is 2.49. The minimum absolute atomic E-state index is 0.0157. The van der Waals surface area contributed by atoms with E-state index in [1.54, 1.807) is 24.3 Å². The van der Waals surface area contributed by atoms with Crippen molar-refractivity contribution in [1.29, 1.82) is 0 Å². The minimum atomic E-state index is -0.302. The molecule has 6 heteroatoms. The first-order chi connectivity index (χ1) is 10.1. The smallest absolute Gasteiger partial charge is 0.173 e. The monoisotopic (exact) mass is 288 g/mol. The van der Waals surface area contributed by atoms with Crippen LogP contribution in [0.4, 0.5) is 15.9 Å². The van der Waals surface area contributed by atoms with Gasteiger partial charge in [0, 0.05) is 17.9 Å². The lowest BCUT2D eigenvalue weighted by Crippen LogP contribution is -2.24. The van der Waals surface area contributed by atoms with Gasteiger partial charge in [0.1, 0.15) is 11.6 Å².